The van der Waals surface area contributed by atoms with Crippen LogP contribution in [0.5, 0.6) is 0 Å². The molecule has 1 heterocycles. The molecule has 0 bridgehead atoms. The third-order valence-electron chi connectivity index (χ3n) is 1.56. The van der Waals surface area contributed by atoms with Gasteiger partial charge in [0.1, 0.15) is 12.7 Å². The average molecular weight is 142 g/mol. The van der Waals surface area contributed by atoms with Crippen LogP contribution in [0.15, 0.2) is 0 Å². The molecule has 1 unspecified atom stereocenters. The Kier molecular flexibility index (Phi) is 1.61. The zero-order valence-corrected chi connectivity index (χ0v) is 6.05. The van der Waals surface area contributed by atoms with Crippen molar-refractivity contribution in [2.24, 2.45) is 0 Å². The zero-order valence-electron chi connectivity index (χ0n) is 6.05. The third kappa shape index (κ3) is 1.10. The summed E-state index contributed by atoms with van der Waals surface area (Å²) >= 11 is 0. The fraction of sp³-hybridized carbons (Fsp3) is 0.667. The van der Waals surface area contributed by atoms with Gasteiger partial charge in [0.25, 0.3) is 0 Å². The molecule has 1 rings (SSSR count). The minimum atomic E-state index is -0.134. The predicted octanol–water partition coefficient (Wildman–Crippen LogP) is -0.689. The molecule has 1 aliphatic rings. The molecule has 1 N–H and O–H groups in total. The number of carbonyl (C=O) groups is 2. The van der Waals surface area contributed by atoms with Crippen LogP contribution in [-0.2, 0) is 9.59 Å². The van der Waals surface area contributed by atoms with Crippen LogP contribution in [0.4, 0.5) is 0 Å². The molecule has 4 heteroatoms. The minimum absolute atomic E-state index is 0.0640. The lowest BCUT2D eigenvalue weighted by atomic mass is 10.5. The first-order chi connectivity index (χ1) is 4.61. The SMILES string of the molecule is CC(=O)N1CC(=O)NC1C. The van der Waals surface area contributed by atoms with Crippen molar-refractivity contribution in [2.45, 2.75) is 20.0 Å². The van der Waals surface area contributed by atoms with E-state index in [2.05, 4.69) is 5.32 Å². The molecule has 0 aromatic heterocycles. The molecule has 1 saturated heterocycles. The van der Waals surface area contributed by atoms with Crippen LogP contribution >= 0.6 is 0 Å². The number of nitrogens with zero attached hydrogens (tertiary/aromatic N) is 1. The maximum absolute atomic E-state index is 10.7. The second kappa shape index (κ2) is 2.28. The van der Waals surface area contributed by atoms with Crippen LogP contribution in [0, 0.1) is 0 Å². The van der Waals surface area contributed by atoms with Crippen molar-refractivity contribution < 1.29 is 9.59 Å². The molecular weight excluding hydrogens is 132 g/mol. The lowest BCUT2D eigenvalue weighted by Crippen LogP contribution is -2.36. The van der Waals surface area contributed by atoms with Crippen LogP contribution in [0.3, 0.4) is 0 Å². The summed E-state index contributed by atoms with van der Waals surface area (Å²) in [6.07, 6.45) is -0.134. The monoisotopic (exact) mass is 142 g/mol. The third-order valence-corrected chi connectivity index (χ3v) is 1.56. The van der Waals surface area contributed by atoms with Gasteiger partial charge in [-0.1, -0.05) is 0 Å². The second-order valence-corrected chi connectivity index (χ2v) is 2.39. The number of hydrogen-bond donors (Lipinski definition) is 1. The van der Waals surface area contributed by atoms with Gasteiger partial charge in [-0.3, -0.25) is 9.59 Å². The van der Waals surface area contributed by atoms with Crippen LogP contribution in [0.1, 0.15) is 13.8 Å². The van der Waals surface area contributed by atoms with Crippen LogP contribution in [-0.4, -0.2) is 29.4 Å². The molecule has 56 valence electrons. The zero-order chi connectivity index (χ0) is 7.72. The molecule has 0 saturated carbocycles. The van der Waals surface area contributed by atoms with Crippen LogP contribution in [0.25, 0.3) is 0 Å². The highest BCUT2D eigenvalue weighted by atomic mass is 16.2. The van der Waals surface area contributed by atoms with Crippen molar-refractivity contribution in [1.29, 1.82) is 0 Å². The molecule has 0 aromatic carbocycles. The van der Waals surface area contributed by atoms with E-state index in [0.717, 1.165) is 0 Å². The summed E-state index contributed by atoms with van der Waals surface area (Å²) in [5, 5.41) is 2.61. The summed E-state index contributed by atoms with van der Waals surface area (Å²) in [6, 6.07) is 0. The van der Waals surface area contributed by atoms with Crippen molar-refractivity contribution >= 4 is 11.8 Å². The molecule has 1 fully saturated rings. The van der Waals surface area contributed by atoms with Crippen molar-refractivity contribution in [3.8, 4) is 0 Å². The largest absolute Gasteiger partial charge is 0.335 e. The molecule has 4 nitrogen and oxygen atoms in total. The maximum atomic E-state index is 10.7. The van der Waals surface area contributed by atoms with E-state index < -0.39 is 0 Å². The van der Waals surface area contributed by atoms with E-state index in [1.807, 2.05) is 0 Å². The van der Waals surface area contributed by atoms with Gasteiger partial charge in [-0.05, 0) is 6.92 Å². The average Bonchev–Trinajstić information content (AvgIpc) is 2.10. The van der Waals surface area contributed by atoms with Gasteiger partial charge in [-0.25, -0.2) is 0 Å². The molecule has 0 aromatic rings. The number of hydrogen-bond acceptors (Lipinski definition) is 2. The summed E-state index contributed by atoms with van der Waals surface area (Å²) in [4.78, 5) is 22.9. The lowest BCUT2D eigenvalue weighted by molar-refractivity contribution is -0.130. The highest BCUT2D eigenvalue weighted by Gasteiger charge is 2.27. The Hall–Kier alpha value is -1.06. The highest BCUT2D eigenvalue weighted by molar-refractivity contribution is 5.87. The van der Waals surface area contributed by atoms with Crippen LogP contribution < -0.4 is 5.32 Å². The van der Waals surface area contributed by atoms with Gasteiger partial charge < -0.3 is 10.2 Å². The fourth-order valence-electron chi connectivity index (χ4n) is 1.03. The van der Waals surface area contributed by atoms with Gasteiger partial charge in [0.15, 0.2) is 0 Å². The van der Waals surface area contributed by atoms with Crippen molar-refractivity contribution in [3.63, 3.8) is 0 Å². The summed E-state index contributed by atoms with van der Waals surface area (Å²) < 4.78 is 0. The Balaban J connectivity index is 2.63. The van der Waals surface area contributed by atoms with Crippen molar-refractivity contribution in [1.82, 2.24) is 10.2 Å². The van der Waals surface area contributed by atoms with Gasteiger partial charge in [-0.15, -0.1) is 0 Å². The Bertz CT molecular complexity index is 179. The predicted molar refractivity (Wildman–Crippen MR) is 35.0 cm³/mol. The highest BCUT2D eigenvalue weighted by Crippen LogP contribution is 2.02. The lowest BCUT2D eigenvalue weighted by Gasteiger charge is -2.16. The van der Waals surface area contributed by atoms with E-state index in [-0.39, 0.29) is 24.5 Å². The molecule has 1 aliphatic heterocycles. The summed E-state index contributed by atoms with van der Waals surface area (Å²) in [6.45, 7) is 3.44. The number of rotatable bonds is 0. The quantitative estimate of drug-likeness (QED) is 0.486. The summed E-state index contributed by atoms with van der Waals surface area (Å²) in [5.74, 6) is -0.145. The van der Waals surface area contributed by atoms with E-state index in [9.17, 15) is 9.59 Å². The number of nitrogens with one attached hydrogen (secondary N) is 1. The van der Waals surface area contributed by atoms with Gasteiger partial charge in [0.05, 0.1) is 0 Å². The maximum Gasteiger partial charge on any atom is 0.241 e. The molecule has 0 spiro atoms. The van der Waals surface area contributed by atoms with Gasteiger partial charge in [0.2, 0.25) is 11.8 Å². The molecule has 10 heavy (non-hydrogen) atoms. The first kappa shape index (κ1) is 7.05. The first-order valence-corrected chi connectivity index (χ1v) is 3.18. The van der Waals surface area contributed by atoms with Gasteiger partial charge >= 0.3 is 0 Å². The van der Waals surface area contributed by atoms with E-state index in [4.69, 9.17) is 0 Å². The molecule has 1 atom stereocenters. The standard InChI is InChI=1S/C6H10N2O2/c1-4-7-6(10)3-8(4)5(2)9/h4H,3H2,1-2H3,(H,7,10). The molecule has 0 radical (unpaired) electrons. The Morgan fingerprint density at radius 2 is 2.40 bits per heavy atom. The van der Waals surface area contributed by atoms with E-state index in [1.165, 1.54) is 11.8 Å². The molecular formula is C6H10N2O2. The number of amides is 2. The van der Waals surface area contributed by atoms with Crippen LogP contribution in [0.2, 0.25) is 0 Å². The number of carbonyl (C=O) groups excluding carboxylic acids is 2. The molecule has 2 amide bonds. The first-order valence-electron chi connectivity index (χ1n) is 3.18. The van der Waals surface area contributed by atoms with E-state index in [0.29, 0.717) is 0 Å². The topological polar surface area (TPSA) is 49.4 Å². The minimum Gasteiger partial charge on any atom is -0.335 e. The fourth-order valence-corrected chi connectivity index (χ4v) is 1.03. The van der Waals surface area contributed by atoms with Crippen molar-refractivity contribution in [2.75, 3.05) is 6.54 Å². The Labute approximate surface area is 59.2 Å². The van der Waals surface area contributed by atoms with E-state index in [1.54, 1.807) is 6.92 Å². The molecule has 0 aliphatic carbocycles. The second-order valence-electron chi connectivity index (χ2n) is 2.39. The van der Waals surface area contributed by atoms with Gasteiger partial charge in [0, 0.05) is 6.92 Å². The smallest absolute Gasteiger partial charge is 0.241 e. The summed E-state index contributed by atoms with van der Waals surface area (Å²) in [7, 11) is 0. The van der Waals surface area contributed by atoms with Crippen molar-refractivity contribution in [3.05, 3.63) is 0 Å². The van der Waals surface area contributed by atoms with E-state index >= 15 is 0 Å². The van der Waals surface area contributed by atoms with Gasteiger partial charge in [-0.2, -0.15) is 0 Å². The summed E-state index contributed by atoms with van der Waals surface area (Å²) in [5.41, 5.74) is 0. The normalized spacial score (nSPS) is 24.8. The Morgan fingerprint density at radius 1 is 1.80 bits per heavy atom. The Morgan fingerprint density at radius 3 is 2.60 bits per heavy atom.